The lowest BCUT2D eigenvalue weighted by molar-refractivity contribution is 0.745. The van der Waals surface area contributed by atoms with E-state index in [1.807, 2.05) is 0 Å². The van der Waals surface area contributed by atoms with Crippen LogP contribution in [-0.2, 0) is 0 Å². The largest absolute Gasteiger partial charge is 0.316 e. The molecule has 0 radical (unpaired) electrons. The molecular weight excluding hydrogens is 194 g/mol. The molecule has 0 spiro atoms. The van der Waals surface area contributed by atoms with Crippen LogP contribution in [0.15, 0.2) is 11.6 Å². The van der Waals surface area contributed by atoms with Crippen molar-refractivity contribution in [3.63, 3.8) is 0 Å². The normalized spacial score (nSPS) is 22.2. The summed E-state index contributed by atoms with van der Waals surface area (Å²) >= 11 is 1.79. The summed E-state index contributed by atoms with van der Waals surface area (Å²) in [5, 5.41) is 5.53. The molecule has 0 saturated carbocycles. The van der Waals surface area contributed by atoms with Gasteiger partial charge in [0.2, 0.25) is 0 Å². The zero-order valence-electron chi connectivity index (χ0n) is 8.16. The summed E-state index contributed by atoms with van der Waals surface area (Å²) in [5.74, 6) is 1.74. The second kappa shape index (κ2) is 3.07. The van der Waals surface area contributed by atoms with Gasteiger partial charge in [-0.15, -0.1) is 11.3 Å². The number of rotatable bonds is 1. The van der Waals surface area contributed by atoms with Crippen molar-refractivity contribution >= 4 is 16.2 Å². The topological polar surface area (TPSA) is 29.3 Å². The number of aromatic nitrogens is 2. The lowest BCUT2D eigenvalue weighted by atomic mass is 10.1. The molecule has 0 unspecified atom stereocenters. The van der Waals surface area contributed by atoms with E-state index in [0.29, 0.717) is 5.92 Å². The molecule has 1 aliphatic rings. The Balaban J connectivity index is 2.14. The fourth-order valence-electron chi connectivity index (χ4n) is 2.15. The highest BCUT2D eigenvalue weighted by Crippen LogP contribution is 2.28. The van der Waals surface area contributed by atoms with Gasteiger partial charge in [0.05, 0.1) is 5.69 Å². The molecular formula is C10H13N3S. The maximum absolute atomic E-state index is 4.67. The molecule has 0 bridgehead atoms. The third-order valence-corrected chi connectivity index (χ3v) is 3.79. The van der Waals surface area contributed by atoms with Crippen LogP contribution in [0.5, 0.6) is 0 Å². The van der Waals surface area contributed by atoms with Gasteiger partial charge in [0.15, 0.2) is 0 Å². The number of nitrogens with zero attached hydrogens (tertiary/aromatic N) is 2. The average Bonchev–Trinajstić information content (AvgIpc) is 2.84. The Morgan fingerprint density at radius 1 is 1.64 bits per heavy atom. The number of fused-ring (bicyclic) bond motifs is 1. The van der Waals surface area contributed by atoms with Gasteiger partial charge in [-0.05, 0) is 19.9 Å². The minimum atomic E-state index is 0.623. The Hall–Kier alpha value is -0.870. The summed E-state index contributed by atoms with van der Waals surface area (Å²) in [6.07, 6.45) is 3.33. The van der Waals surface area contributed by atoms with Gasteiger partial charge < -0.3 is 5.32 Å². The van der Waals surface area contributed by atoms with Crippen molar-refractivity contribution in [2.45, 2.75) is 19.3 Å². The van der Waals surface area contributed by atoms with Gasteiger partial charge in [-0.1, -0.05) is 0 Å². The van der Waals surface area contributed by atoms with Crippen LogP contribution in [0.4, 0.5) is 0 Å². The highest BCUT2D eigenvalue weighted by molar-refractivity contribution is 7.15. The van der Waals surface area contributed by atoms with Crippen LogP contribution in [0, 0.1) is 6.92 Å². The molecule has 4 heteroatoms. The Labute approximate surface area is 86.8 Å². The van der Waals surface area contributed by atoms with Crippen molar-refractivity contribution in [1.29, 1.82) is 0 Å². The second-order valence-corrected chi connectivity index (χ2v) is 4.71. The van der Waals surface area contributed by atoms with Crippen molar-refractivity contribution in [2.24, 2.45) is 0 Å². The van der Waals surface area contributed by atoms with Crippen LogP contribution in [0.25, 0.3) is 4.83 Å². The van der Waals surface area contributed by atoms with Crippen molar-refractivity contribution in [1.82, 2.24) is 14.7 Å². The van der Waals surface area contributed by atoms with Crippen LogP contribution in [0.1, 0.15) is 23.9 Å². The molecule has 14 heavy (non-hydrogen) atoms. The van der Waals surface area contributed by atoms with Crippen LogP contribution in [0.2, 0.25) is 0 Å². The van der Waals surface area contributed by atoms with Crippen molar-refractivity contribution < 1.29 is 0 Å². The SMILES string of the molecule is Cc1nc([C@H]2CCNC2)c2sccn12. The van der Waals surface area contributed by atoms with E-state index < -0.39 is 0 Å². The first kappa shape index (κ1) is 8.44. The fraction of sp³-hybridized carbons (Fsp3) is 0.500. The van der Waals surface area contributed by atoms with Gasteiger partial charge >= 0.3 is 0 Å². The minimum Gasteiger partial charge on any atom is -0.316 e. The summed E-state index contributed by atoms with van der Waals surface area (Å²) in [4.78, 5) is 5.99. The molecule has 0 amide bonds. The van der Waals surface area contributed by atoms with Gasteiger partial charge in [-0.2, -0.15) is 0 Å². The quantitative estimate of drug-likeness (QED) is 0.772. The van der Waals surface area contributed by atoms with Crippen molar-refractivity contribution in [3.05, 3.63) is 23.1 Å². The van der Waals surface area contributed by atoms with E-state index in [1.54, 1.807) is 11.3 Å². The highest BCUT2D eigenvalue weighted by Gasteiger charge is 2.22. The predicted octanol–water partition coefficient (Wildman–Crippen LogP) is 1.78. The van der Waals surface area contributed by atoms with Crippen LogP contribution >= 0.6 is 11.3 Å². The van der Waals surface area contributed by atoms with E-state index >= 15 is 0 Å². The van der Waals surface area contributed by atoms with E-state index in [9.17, 15) is 0 Å². The first-order valence-electron chi connectivity index (χ1n) is 4.99. The zero-order valence-corrected chi connectivity index (χ0v) is 8.97. The van der Waals surface area contributed by atoms with Crippen molar-refractivity contribution in [2.75, 3.05) is 13.1 Å². The molecule has 74 valence electrons. The van der Waals surface area contributed by atoms with Gasteiger partial charge in [0.25, 0.3) is 0 Å². The molecule has 1 saturated heterocycles. The summed E-state index contributed by atoms with van der Waals surface area (Å²) in [5.41, 5.74) is 1.29. The summed E-state index contributed by atoms with van der Waals surface area (Å²) < 4.78 is 2.19. The lowest BCUT2D eigenvalue weighted by Crippen LogP contribution is -2.08. The van der Waals surface area contributed by atoms with E-state index in [4.69, 9.17) is 0 Å². The Morgan fingerprint density at radius 2 is 2.57 bits per heavy atom. The molecule has 2 aromatic heterocycles. The van der Waals surface area contributed by atoms with Crippen molar-refractivity contribution in [3.8, 4) is 0 Å². The molecule has 3 heterocycles. The number of aryl methyl sites for hydroxylation is 1. The molecule has 1 N–H and O–H groups in total. The van der Waals surface area contributed by atoms with E-state index in [-0.39, 0.29) is 0 Å². The third kappa shape index (κ3) is 1.11. The maximum atomic E-state index is 4.67. The second-order valence-electron chi connectivity index (χ2n) is 3.81. The fourth-order valence-corrected chi connectivity index (χ4v) is 3.10. The number of thiazole rings is 1. The Bertz CT molecular complexity index is 451. The molecule has 3 nitrogen and oxygen atoms in total. The van der Waals surface area contributed by atoms with Gasteiger partial charge in [0.1, 0.15) is 10.7 Å². The van der Waals surface area contributed by atoms with E-state index in [1.165, 1.54) is 16.9 Å². The molecule has 3 rings (SSSR count). The molecule has 0 aliphatic carbocycles. The number of nitrogens with one attached hydrogen (secondary N) is 1. The molecule has 1 fully saturated rings. The number of hydrogen-bond acceptors (Lipinski definition) is 3. The third-order valence-electron chi connectivity index (χ3n) is 2.91. The van der Waals surface area contributed by atoms with Gasteiger partial charge in [-0.3, -0.25) is 4.40 Å². The molecule has 1 atom stereocenters. The van der Waals surface area contributed by atoms with Crippen LogP contribution < -0.4 is 5.32 Å². The van der Waals surface area contributed by atoms with E-state index in [0.717, 1.165) is 18.9 Å². The molecule has 0 aromatic carbocycles. The predicted molar refractivity (Wildman–Crippen MR) is 58.0 cm³/mol. The average molecular weight is 207 g/mol. The summed E-state index contributed by atoms with van der Waals surface area (Å²) in [6.45, 7) is 4.30. The molecule has 1 aliphatic heterocycles. The lowest BCUT2D eigenvalue weighted by Gasteiger charge is -2.02. The van der Waals surface area contributed by atoms with Crippen LogP contribution in [-0.4, -0.2) is 22.5 Å². The smallest absolute Gasteiger partial charge is 0.123 e. The summed E-state index contributed by atoms with van der Waals surface area (Å²) in [6, 6.07) is 0. The number of imidazole rings is 1. The van der Waals surface area contributed by atoms with Gasteiger partial charge in [-0.25, -0.2) is 4.98 Å². The zero-order chi connectivity index (χ0) is 9.54. The Kier molecular flexibility index (Phi) is 1.85. The molecule has 2 aromatic rings. The Morgan fingerprint density at radius 3 is 3.36 bits per heavy atom. The highest BCUT2D eigenvalue weighted by atomic mass is 32.1. The maximum Gasteiger partial charge on any atom is 0.123 e. The number of hydrogen-bond donors (Lipinski definition) is 1. The minimum absolute atomic E-state index is 0.623. The standard InChI is InChI=1S/C10H13N3S/c1-7-12-9(8-2-3-11-6-8)10-13(7)4-5-14-10/h4-5,8,11H,2-3,6H2,1H3/t8-/m0/s1. The first-order chi connectivity index (χ1) is 6.86. The van der Waals surface area contributed by atoms with Gasteiger partial charge in [0, 0.05) is 24.0 Å². The summed E-state index contributed by atoms with van der Waals surface area (Å²) in [7, 11) is 0. The van der Waals surface area contributed by atoms with E-state index in [2.05, 4.69) is 33.2 Å². The first-order valence-corrected chi connectivity index (χ1v) is 5.87. The monoisotopic (exact) mass is 207 g/mol. The van der Waals surface area contributed by atoms with Crippen LogP contribution in [0.3, 0.4) is 0 Å².